The first-order chi connectivity index (χ1) is 13.0. The molecule has 3 aromatic rings. The number of halogens is 1. The summed E-state index contributed by atoms with van der Waals surface area (Å²) >= 11 is 1.54. The zero-order valence-corrected chi connectivity index (χ0v) is 15.4. The fourth-order valence-corrected chi connectivity index (χ4v) is 3.10. The maximum Gasteiger partial charge on any atom is 0.318 e. The van der Waals surface area contributed by atoms with Crippen LogP contribution in [0.4, 0.5) is 20.7 Å². The molecule has 8 heteroatoms. The molecule has 0 bridgehead atoms. The van der Waals surface area contributed by atoms with Crippen molar-refractivity contribution in [1.29, 1.82) is 0 Å². The first kappa shape index (κ1) is 18.7. The van der Waals surface area contributed by atoms with Crippen molar-refractivity contribution < 1.29 is 9.18 Å². The largest absolute Gasteiger partial charge is 0.384 e. The third-order valence-electron chi connectivity index (χ3n) is 3.63. The number of nitrogens with two attached hydrogens (primary N) is 1. The Morgan fingerprint density at radius 1 is 1.11 bits per heavy atom. The van der Waals surface area contributed by atoms with Crippen molar-refractivity contribution in [3.05, 3.63) is 66.1 Å². The quantitative estimate of drug-likeness (QED) is 0.581. The van der Waals surface area contributed by atoms with E-state index < -0.39 is 0 Å². The van der Waals surface area contributed by atoms with Crippen LogP contribution in [0.15, 0.2) is 59.5 Å². The van der Waals surface area contributed by atoms with Crippen molar-refractivity contribution in [3.63, 3.8) is 0 Å². The molecule has 0 spiro atoms. The van der Waals surface area contributed by atoms with Gasteiger partial charge in [-0.2, -0.15) is 0 Å². The molecule has 0 atom stereocenters. The number of nitrogen functional groups attached to an aromatic ring is 1. The molecule has 138 valence electrons. The van der Waals surface area contributed by atoms with E-state index in [4.69, 9.17) is 5.73 Å². The van der Waals surface area contributed by atoms with Gasteiger partial charge < -0.3 is 16.4 Å². The Kier molecular flexibility index (Phi) is 5.87. The molecule has 3 rings (SSSR count). The van der Waals surface area contributed by atoms with Gasteiger partial charge in [-0.1, -0.05) is 0 Å². The number of anilines is 2. The molecule has 1 aromatic heterocycles. The summed E-state index contributed by atoms with van der Waals surface area (Å²) in [5.41, 5.74) is 8.15. The molecule has 2 amide bonds. The van der Waals surface area contributed by atoms with Crippen molar-refractivity contribution in [2.45, 2.75) is 10.6 Å². The third kappa shape index (κ3) is 5.18. The van der Waals surface area contributed by atoms with Gasteiger partial charge in [-0.05, 0) is 48.5 Å². The fourth-order valence-electron chi connectivity index (χ4n) is 2.31. The highest BCUT2D eigenvalue weighted by Gasteiger charge is 2.07. The number of hydrogen-bond donors (Lipinski definition) is 3. The molecule has 0 aliphatic rings. The summed E-state index contributed by atoms with van der Waals surface area (Å²) in [6.07, 6.45) is 0. The van der Waals surface area contributed by atoms with Crippen LogP contribution in [0.5, 0.6) is 0 Å². The van der Waals surface area contributed by atoms with Crippen LogP contribution in [0, 0.1) is 5.82 Å². The molecule has 0 unspecified atom stereocenters. The van der Waals surface area contributed by atoms with Gasteiger partial charge in [-0.25, -0.2) is 19.2 Å². The number of carbonyl (C=O) groups is 1. The van der Waals surface area contributed by atoms with Gasteiger partial charge in [0.05, 0.1) is 5.69 Å². The van der Waals surface area contributed by atoms with Crippen LogP contribution in [0.2, 0.25) is 0 Å². The highest BCUT2D eigenvalue weighted by molar-refractivity contribution is 7.98. The molecule has 0 aliphatic carbocycles. The van der Waals surface area contributed by atoms with E-state index in [1.807, 2.05) is 12.1 Å². The van der Waals surface area contributed by atoms with E-state index in [-0.39, 0.29) is 11.8 Å². The molecule has 0 saturated heterocycles. The summed E-state index contributed by atoms with van der Waals surface area (Å²) in [6, 6.07) is 14.9. The summed E-state index contributed by atoms with van der Waals surface area (Å²) in [5, 5.41) is 5.18. The predicted molar refractivity (Wildman–Crippen MR) is 106 cm³/mol. The Morgan fingerprint density at radius 2 is 1.81 bits per heavy atom. The summed E-state index contributed by atoms with van der Waals surface area (Å²) < 4.78 is 13.0. The van der Waals surface area contributed by atoms with E-state index in [1.165, 1.54) is 23.9 Å². The van der Waals surface area contributed by atoms with Crippen molar-refractivity contribution in [2.24, 2.45) is 0 Å². The minimum atomic E-state index is -0.289. The molecule has 0 fully saturated rings. The first-order valence-electron chi connectivity index (χ1n) is 8.14. The van der Waals surface area contributed by atoms with E-state index >= 15 is 0 Å². The number of rotatable bonds is 5. The summed E-state index contributed by atoms with van der Waals surface area (Å²) in [6.45, 7) is 0. The zero-order valence-electron chi connectivity index (χ0n) is 14.6. The highest BCUT2D eigenvalue weighted by atomic mass is 32.2. The topological polar surface area (TPSA) is 92.9 Å². The van der Waals surface area contributed by atoms with Crippen LogP contribution >= 0.6 is 11.8 Å². The van der Waals surface area contributed by atoms with E-state index in [2.05, 4.69) is 20.6 Å². The lowest BCUT2D eigenvalue weighted by Gasteiger charge is -2.08. The Labute approximate surface area is 160 Å². The fraction of sp³-hybridized carbons (Fsp3) is 0.105. The first-order valence-corrected chi connectivity index (χ1v) is 9.13. The minimum Gasteiger partial charge on any atom is -0.384 e. The Hall–Kier alpha value is -3.13. The summed E-state index contributed by atoms with van der Waals surface area (Å²) in [7, 11) is 1.55. The lowest BCUT2D eigenvalue weighted by molar-refractivity contribution is 0.254. The Bertz CT molecular complexity index is 932. The van der Waals surface area contributed by atoms with E-state index in [1.54, 1.807) is 37.4 Å². The number of amides is 2. The molecule has 0 saturated carbocycles. The molecule has 2 aromatic carbocycles. The van der Waals surface area contributed by atoms with Crippen LogP contribution in [-0.2, 0) is 5.75 Å². The van der Waals surface area contributed by atoms with E-state index in [0.29, 0.717) is 23.1 Å². The maximum atomic E-state index is 13.0. The molecule has 0 aliphatic heterocycles. The van der Waals surface area contributed by atoms with Gasteiger partial charge in [0.2, 0.25) is 0 Å². The van der Waals surface area contributed by atoms with Gasteiger partial charge in [-0.15, -0.1) is 11.8 Å². The average Bonchev–Trinajstić information content (AvgIpc) is 2.67. The second-order valence-corrected chi connectivity index (χ2v) is 6.68. The predicted octanol–water partition coefficient (Wildman–Crippen LogP) is 3.91. The third-order valence-corrected chi connectivity index (χ3v) is 4.67. The highest BCUT2D eigenvalue weighted by Crippen LogP contribution is 2.25. The molecular weight excluding hydrogens is 365 g/mol. The number of aromatic nitrogens is 2. The second-order valence-electron chi connectivity index (χ2n) is 5.63. The smallest absolute Gasteiger partial charge is 0.318 e. The number of hydrogen-bond acceptors (Lipinski definition) is 5. The number of urea groups is 1. The lowest BCUT2D eigenvalue weighted by atomic mass is 10.2. The Balaban J connectivity index is 1.74. The molecule has 6 nitrogen and oxygen atoms in total. The second kappa shape index (κ2) is 8.50. The zero-order chi connectivity index (χ0) is 19.2. The average molecular weight is 383 g/mol. The van der Waals surface area contributed by atoms with Crippen LogP contribution in [0.25, 0.3) is 11.4 Å². The minimum absolute atomic E-state index is 0.262. The van der Waals surface area contributed by atoms with E-state index in [9.17, 15) is 9.18 Å². The van der Waals surface area contributed by atoms with Crippen LogP contribution in [-0.4, -0.2) is 23.0 Å². The van der Waals surface area contributed by atoms with Crippen LogP contribution in [0.3, 0.4) is 0 Å². The number of thioether (sulfide) groups is 1. The SMILES string of the molecule is CNC(=O)Nc1ccc(-c2nc(N)cc(CSc3ccc(F)cc3)n2)cc1. The standard InChI is InChI=1S/C19H18FN5OS/c1-22-19(26)24-14-6-2-12(3-7-14)18-23-15(10-17(21)25-18)11-27-16-8-4-13(20)5-9-16/h2-10H,11H2,1H3,(H2,21,23,25)(H2,22,24,26). The van der Waals surface area contributed by atoms with Crippen LogP contribution in [0.1, 0.15) is 5.69 Å². The van der Waals surface area contributed by atoms with Gasteiger partial charge in [0.25, 0.3) is 0 Å². The van der Waals surface area contributed by atoms with Crippen molar-refractivity contribution in [3.8, 4) is 11.4 Å². The molecular formula is C19H18FN5OS. The van der Waals surface area contributed by atoms with Gasteiger partial charge in [0.1, 0.15) is 11.6 Å². The van der Waals surface area contributed by atoms with Crippen molar-refractivity contribution >= 4 is 29.3 Å². The van der Waals surface area contributed by atoms with Crippen LogP contribution < -0.4 is 16.4 Å². The Morgan fingerprint density at radius 3 is 2.48 bits per heavy atom. The number of carbonyl (C=O) groups excluding carboxylic acids is 1. The molecule has 1 heterocycles. The van der Waals surface area contributed by atoms with Gasteiger partial charge >= 0.3 is 6.03 Å². The van der Waals surface area contributed by atoms with Crippen molar-refractivity contribution in [1.82, 2.24) is 15.3 Å². The van der Waals surface area contributed by atoms with Gasteiger partial charge in [-0.3, -0.25) is 0 Å². The monoisotopic (exact) mass is 383 g/mol. The summed E-state index contributed by atoms with van der Waals surface area (Å²) in [4.78, 5) is 21.1. The number of nitrogens with zero attached hydrogens (tertiary/aromatic N) is 2. The number of benzene rings is 2. The van der Waals surface area contributed by atoms with Gasteiger partial charge in [0.15, 0.2) is 5.82 Å². The number of nitrogens with one attached hydrogen (secondary N) is 2. The van der Waals surface area contributed by atoms with E-state index in [0.717, 1.165) is 16.2 Å². The molecule has 4 N–H and O–H groups in total. The normalized spacial score (nSPS) is 10.4. The molecule has 27 heavy (non-hydrogen) atoms. The maximum absolute atomic E-state index is 13.0. The molecule has 0 radical (unpaired) electrons. The van der Waals surface area contributed by atoms with Crippen molar-refractivity contribution in [2.75, 3.05) is 18.1 Å². The van der Waals surface area contributed by atoms with Gasteiger partial charge in [0, 0.05) is 35.0 Å². The lowest BCUT2D eigenvalue weighted by Crippen LogP contribution is -2.24. The summed E-state index contributed by atoms with van der Waals surface area (Å²) in [5.74, 6) is 1.21.